The van der Waals surface area contributed by atoms with Gasteiger partial charge in [0, 0.05) is 17.9 Å². The Bertz CT molecular complexity index is 721. The normalized spacial score (nSPS) is 26.8. The van der Waals surface area contributed by atoms with Crippen LogP contribution in [0.2, 0.25) is 0 Å². The van der Waals surface area contributed by atoms with Gasteiger partial charge in [-0.25, -0.2) is 0 Å². The van der Waals surface area contributed by atoms with Crippen LogP contribution in [0.3, 0.4) is 0 Å². The third-order valence-electron chi connectivity index (χ3n) is 5.54. The molecule has 2 atom stereocenters. The van der Waals surface area contributed by atoms with Crippen LogP contribution in [0.5, 0.6) is 5.75 Å². The lowest BCUT2D eigenvalue weighted by molar-refractivity contribution is 0.317. The second-order valence-electron chi connectivity index (χ2n) is 6.97. The van der Waals surface area contributed by atoms with Gasteiger partial charge in [-0.3, -0.25) is 0 Å². The first kappa shape index (κ1) is 13.5. The smallest absolute Gasteiger partial charge is 0.230 e. The van der Waals surface area contributed by atoms with Crippen molar-refractivity contribution in [3.05, 3.63) is 29.7 Å². The van der Waals surface area contributed by atoms with Gasteiger partial charge in [-0.05, 0) is 68.0 Å². The zero-order valence-corrected chi connectivity index (χ0v) is 13.1. The number of hydrogen-bond donors (Lipinski definition) is 1. The number of rotatable bonds is 3. The number of aromatic nitrogens is 2. The van der Waals surface area contributed by atoms with Crippen molar-refractivity contribution in [1.29, 1.82) is 0 Å². The molecule has 5 rings (SSSR count). The van der Waals surface area contributed by atoms with E-state index in [2.05, 4.69) is 21.5 Å². The third kappa shape index (κ3) is 2.43. The molecule has 1 N–H and O–H groups in total. The van der Waals surface area contributed by atoms with Gasteiger partial charge in [-0.2, -0.15) is 4.98 Å². The molecule has 0 amide bonds. The van der Waals surface area contributed by atoms with Gasteiger partial charge < -0.3 is 14.6 Å². The fraction of sp³-hybridized carbons (Fsp3) is 0.556. The van der Waals surface area contributed by atoms with Gasteiger partial charge in [0.2, 0.25) is 11.7 Å². The summed E-state index contributed by atoms with van der Waals surface area (Å²) in [6.07, 6.45) is 4.75. The summed E-state index contributed by atoms with van der Waals surface area (Å²) in [6, 6.07) is 6.17. The quantitative estimate of drug-likeness (QED) is 0.944. The van der Waals surface area contributed by atoms with Crippen molar-refractivity contribution >= 4 is 0 Å². The fourth-order valence-electron chi connectivity index (χ4n) is 4.12. The van der Waals surface area contributed by atoms with Crippen LogP contribution in [0.25, 0.3) is 11.4 Å². The van der Waals surface area contributed by atoms with E-state index in [1.54, 1.807) is 0 Å². The largest absolute Gasteiger partial charge is 0.493 e. The van der Waals surface area contributed by atoms with Crippen molar-refractivity contribution in [2.75, 3.05) is 19.7 Å². The molecule has 1 aromatic heterocycles. The molecule has 1 aromatic carbocycles. The van der Waals surface area contributed by atoms with Gasteiger partial charge in [0.05, 0.1) is 6.61 Å². The van der Waals surface area contributed by atoms with Crippen molar-refractivity contribution in [3.63, 3.8) is 0 Å². The van der Waals surface area contributed by atoms with Crippen molar-refractivity contribution in [2.45, 2.75) is 31.6 Å². The first-order chi connectivity index (χ1) is 11.4. The van der Waals surface area contributed by atoms with E-state index in [0.717, 1.165) is 55.2 Å². The maximum Gasteiger partial charge on any atom is 0.230 e. The van der Waals surface area contributed by atoms with Crippen LogP contribution >= 0.6 is 0 Å². The summed E-state index contributed by atoms with van der Waals surface area (Å²) in [5, 5.41) is 7.65. The van der Waals surface area contributed by atoms with Gasteiger partial charge in [0.1, 0.15) is 5.75 Å². The second kappa shape index (κ2) is 5.34. The minimum atomic E-state index is 0.483. The lowest BCUT2D eigenvalue weighted by Crippen LogP contribution is -2.28. The number of ether oxygens (including phenoxy) is 1. The summed E-state index contributed by atoms with van der Waals surface area (Å²) < 4.78 is 11.1. The molecule has 0 unspecified atom stereocenters. The first-order valence-corrected chi connectivity index (χ1v) is 8.69. The average molecular weight is 311 g/mol. The van der Waals surface area contributed by atoms with Crippen molar-refractivity contribution < 1.29 is 9.26 Å². The molecule has 0 spiro atoms. The Balaban J connectivity index is 1.33. The molecule has 120 valence electrons. The second-order valence-corrected chi connectivity index (χ2v) is 6.97. The summed E-state index contributed by atoms with van der Waals surface area (Å²) >= 11 is 0. The Labute approximate surface area is 135 Å². The molecule has 5 nitrogen and oxygen atoms in total. The molecule has 2 aliphatic heterocycles. The van der Waals surface area contributed by atoms with Crippen molar-refractivity contribution in [2.24, 2.45) is 11.8 Å². The van der Waals surface area contributed by atoms with Crippen LogP contribution in [0.4, 0.5) is 0 Å². The molecule has 1 saturated carbocycles. The summed E-state index contributed by atoms with van der Waals surface area (Å²) in [5.41, 5.74) is 2.27. The molecule has 23 heavy (non-hydrogen) atoms. The zero-order chi connectivity index (χ0) is 15.2. The Kier molecular flexibility index (Phi) is 3.14. The fourth-order valence-corrected chi connectivity index (χ4v) is 4.12. The third-order valence-corrected chi connectivity index (χ3v) is 5.54. The Hall–Kier alpha value is -1.88. The molecule has 3 aliphatic rings. The molecule has 2 aromatic rings. The van der Waals surface area contributed by atoms with Crippen molar-refractivity contribution in [1.82, 2.24) is 15.5 Å². The molecular weight excluding hydrogens is 290 g/mol. The molecule has 1 saturated heterocycles. The van der Waals surface area contributed by atoms with E-state index in [4.69, 9.17) is 9.26 Å². The van der Waals surface area contributed by atoms with Gasteiger partial charge in [0.25, 0.3) is 0 Å². The maximum absolute atomic E-state index is 5.58. The summed E-state index contributed by atoms with van der Waals surface area (Å²) in [7, 11) is 0. The van der Waals surface area contributed by atoms with Crippen molar-refractivity contribution in [3.8, 4) is 17.1 Å². The highest BCUT2D eigenvalue weighted by molar-refractivity contribution is 5.59. The lowest BCUT2D eigenvalue weighted by Gasteiger charge is -2.22. The van der Waals surface area contributed by atoms with E-state index >= 15 is 0 Å². The highest BCUT2D eigenvalue weighted by Gasteiger charge is 2.47. The Morgan fingerprint density at radius 3 is 3.00 bits per heavy atom. The van der Waals surface area contributed by atoms with Crippen LogP contribution in [0.1, 0.15) is 36.6 Å². The summed E-state index contributed by atoms with van der Waals surface area (Å²) in [6.45, 7) is 3.08. The molecule has 0 bridgehead atoms. The van der Waals surface area contributed by atoms with Crippen LogP contribution in [-0.2, 0) is 6.42 Å². The van der Waals surface area contributed by atoms with Crippen LogP contribution < -0.4 is 10.1 Å². The molecule has 5 heteroatoms. The van der Waals surface area contributed by atoms with E-state index in [0.29, 0.717) is 11.7 Å². The predicted octanol–water partition coefficient (Wildman–Crippen LogP) is 2.77. The lowest BCUT2D eigenvalue weighted by atomic mass is 9.92. The van der Waals surface area contributed by atoms with E-state index in [-0.39, 0.29) is 0 Å². The van der Waals surface area contributed by atoms with Gasteiger partial charge in [-0.1, -0.05) is 5.16 Å². The van der Waals surface area contributed by atoms with Crippen LogP contribution in [0.15, 0.2) is 22.7 Å². The standard InChI is InChI=1S/C18H21N3O2/c1-2-16-12(5-8-22-16)9-13(1)17-20-18(23-21-17)15-10-14(15)11-3-6-19-7-4-11/h1-2,9,11,14-15,19H,3-8,10H2/t14-,15+/m1/s1. The topological polar surface area (TPSA) is 60.2 Å². The average Bonchev–Trinajstić information content (AvgIpc) is 3.04. The monoisotopic (exact) mass is 311 g/mol. The molecule has 3 heterocycles. The van der Waals surface area contributed by atoms with Gasteiger partial charge in [-0.15, -0.1) is 0 Å². The number of nitrogens with one attached hydrogen (secondary N) is 1. The number of fused-ring (bicyclic) bond motifs is 1. The maximum atomic E-state index is 5.58. The predicted molar refractivity (Wildman–Crippen MR) is 85.4 cm³/mol. The van der Waals surface area contributed by atoms with Crippen LogP contribution in [-0.4, -0.2) is 29.8 Å². The number of benzene rings is 1. The highest BCUT2D eigenvalue weighted by Crippen LogP contribution is 2.53. The summed E-state index contributed by atoms with van der Waals surface area (Å²) in [5.74, 6) is 4.60. The first-order valence-electron chi connectivity index (χ1n) is 8.69. The Morgan fingerprint density at radius 2 is 2.09 bits per heavy atom. The number of hydrogen-bond acceptors (Lipinski definition) is 5. The van der Waals surface area contributed by atoms with Crippen LogP contribution in [0, 0.1) is 11.8 Å². The van der Waals surface area contributed by atoms with E-state index in [9.17, 15) is 0 Å². The molecule has 0 radical (unpaired) electrons. The van der Waals surface area contributed by atoms with E-state index in [1.165, 1.54) is 24.8 Å². The van der Waals surface area contributed by atoms with Gasteiger partial charge in [0.15, 0.2) is 0 Å². The summed E-state index contributed by atoms with van der Waals surface area (Å²) in [4.78, 5) is 4.68. The minimum absolute atomic E-state index is 0.483. The zero-order valence-electron chi connectivity index (χ0n) is 13.1. The number of piperidine rings is 1. The van der Waals surface area contributed by atoms with E-state index < -0.39 is 0 Å². The highest BCUT2D eigenvalue weighted by atomic mass is 16.5. The number of nitrogens with zero attached hydrogens (tertiary/aromatic N) is 2. The molecule has 2 fully saturated rings. The molecular formula is C18H21N3O2. The van der Waals surface area contributed by atoms with E-state index in [1.807, 2.05) is 12.1 Å². The minimum Gasteiger partial charge on any atom is -0.493 e. The molecule has 1 aliphatic carbocycles. The Morgan fingerprint density at radius 1 is 1.17 bits per heavy atom. The van der Waals surface area contributed by atoms with Gasteiger partial charge >= 0.3 is 0 Å². The SMILES string of the molecule is c1cc2c(cc1-c1noc([C@H]3C[C@@H]3C3CCNCC3)n1)CCO2.